The van der Waals surface area contributed by atoms with Crippen molar-refractivity contribution < 1.29 is 10.2 Å². The average Bonchev–Trinajstić information content (AvgIpc) is 2.18. The van der Waals surface area contributed by atoms with Crippen LogP contribution < -0.4 is 0 Å². The van der Waals surface area contributed by atoms with Gasteiger partial charge in [0.1, 0.15) is 5.75 Å². The molecule has 0 aliphatic heterocycles. The molecule has 1 rings (SSSR count). The van der Waals surface area contributed by atoms with Crippen LogP contribution in [-0.2, 0) is 0 Å². The Balaban J connectivity index is 2.69. The van der Waals surface area contributed by atoms with Crippen LogP contribution in [0.5, 0.6) is 5.75 Å². The van der Waals surface area contributed by atoms with Crippen molar-refractivity contribution in [3.63, 3.8) is 0 Å². The summed E-state index contributed by atoms with van der Waals surface area (Å²) in [7, 11) is 0. The van der Waals surface area contributed by atoms with Crippen LogP contribution in [0.1, 0.15) is 31.4 Å². The highest BCUT2D eigenvalue weighted by Gasteiger charge is 2.09. The second kappa shape index (κ2) is 5.28. The van der Waals surface area contributed by atoms with E-state index in [0.29, 0.717) is 28.6 Å². The maximum atomic E-state index is 9.76. The van der Waals surface area contributed by atoms with Gasteiger partial charge in [0.25, 0.3) is 0 Å². The van der Waals surface area contributed by atoms with Gasteiger partial charge in [0.05, 0.1) is 10.6 Å². The lowest BCUT2D eigenvalue weighted by atomic mass is 10.0. The van der Waals surface area contributed by atoms with E-state index < -0.39 is 6.10 Å². The van der Waals surface area contributed by atoms with Crippen molar-refractivity contribution in [3.8, 4) is 5.75 Å². The van der Waals surface area contributed by atoms with Crippen LogP contribution >= 0.6 is 15.9 Å². The molecule has 0 unspecified atom stereocenters. The Kier molecular flexibility index (Phi) is 4.29. The van der Waals surface area contributed by atoms with E-state index in [1.807, 2.05) is 0 Å². The zero-order chi connectivity index (χ0) is 11.4. The van der Waals surface area contributed by atoms with Gasteiger partial charge in [0, 0.05) is 5.71 Å². The molecule has 0 heterocycles. The number of hydrogen-bond donors (Lipinski definition) is 3. The number of rotatable bonds is 4. The molecule has 0 aliphatic carbocycles. The fraction of sp³-hybridized carbons (Fsp3) is 0.364. The van der Waals surface area contributed by atoms with Crippen LogP contribution in [0.2, 0.25) is 0 Å². The first kappa shape index (κ1) is 12.2. The van der Waals surface area contributed by atoms with Crippen molar-refractivity contribution in [2.75, 3.05) is 0 Å². The Morgan fingerprint density at radius 3 is 2.73 bits per heavy atom. The number of phenolic OH excluding ortho intramolecular Hbond substituents is 1. The minimum Gasteiger partial charge on any atom is -0.507 e. The SMILES string of the molecule is CC(=N)CC[C@H](O)c1ccc([76Br])c(O)c1. The molecule has 82 valence electrons. The quantitative estimate of drug-likeness (QED) is 0.735. The Morgan fingerprint density at radius 1 is 1.53 bits per heavy atom. The summed E-state index contributed by atoms with van der Waals surface area (Å²) < 4.78 is 0.613. The zero-order valence-corrected chi connectivity index (χ0v) is 10.1. The normalized spacial score (nSPS) is 12.5. The van der Waals surface area contributed by atoms with Gasteiger partial charge in [0.2, 0.25) is 0 Å². The van der Waals surface area contributed by atoms with Crippen LogP contribution in [0.3, 0.4) is 0 Å². The third-order valence-corrected chi connectivity index (χ3v) is 2.82. The van der Waals surface area contributed by atoms with Crippen LogP contribution in [-0.4, -0.2) is 15.9 Å². The lowest BCUT2D eigenvalue weighted by Crippen LogP contribution is -2.00. The van der Waals surface area contributed by atoms with E-state index in [9.17, 15) is 10.2 Å². The topological polar surface area (TPSA) is 64.3 Å². The standard InChI is InChI=1S/C11H14BrNO2/c1-7(13)2-5-10(14)8-3-4-9(12)11(15)6-8/h3-4,6,10,13-15H,2,5H2,1H3/t10-/m0/s1/i12-4. The monoisotopic (exact) mass is 268 g/mol. The van der Waals surface area contributed by atoms with Gasteiger partial charge in [-0.1, -0.05) is 6.07 Å². The maximum absolute atomic E-state index is 9.76. The molecule has 0 radical (unpaired) electrons. The third kappa shape index (κ3) is 3.64. The Bertz CT molecular complexity index is 366. The van der Waals surface area contributed by atoms with Crippen LogP contribution in [0.15, 0.2) is 22.7 Å². The van der Waals surface area contributed by atoms with Crippen molar-refractivity contribution in [3.05, 3.63) is 28.2 Å². The summed E-state index contributed by atoms with van der Waals surface area (Å²) in [6.07, 6.45) is 0.457. The van der Waals surface area contributed by atoms with E-state index in [4.69, 9.17) is 5.41 Å². The third-order valence-electron chi connectivity index (χ3n) is 2.15. The Hall–Kier alpha value is -0.870. The maximum Gasteiger partial charge on any atom is 0.130 e. The van der Waals surface area contributed by atoms with Crippen molar-refractivity contribution >= 4 is 21.6 Å². The minimum absolute atomic E-state index is 0.123. The van der Waals surface area contributed by atoms with Gasteiger partial charge in [-0.05, 0) is 53.4 Å². The minimum atomic E-state index is -0.621. The summed E-state index contributed by atoms with van der Waals surface area (Å²) in [5.74, 6) is 0.123. The van der Waals surface area contributed by atoms with Gasteiger partial charge < -0.3 is 15.6 Å². The zero-order valence-electron chi connectivity index (χ0n) is 8.50. The molecular weight excluding hydrogens is 254 g/mol. The molecule has 3 N–H and O–H groups in total. The number of aliphatic hydroxyl groups is 1. The van der Waals surface area contributed by atoms with Gasteiger partial charge in [-0.25, -0.2) is 0 Å². The summed E-state index contributed by atoms with van der Waals surface area (Å²) in [6.45, 7) is 1.71. The predicted molar refractivity (Wildman–Crippen MR) is 63.4 cm³/mol. The second-order valence-corrected chi connectivity index (χ2v) is 4.40. The van der Waals surface area contributed by atoms with E-state index >= 15 is 0 Å². The number of aliphatic hydroxyl groups excluding tert-OH is 1. The van der Waals surface area contributed by atoms with Crippen LogP contribution in [0.4, 0.5) is 0 Å². The number of hydrogen-bond acceptors (Lipinski definition) is 3. The summed E-state index contributed by atoms with van der Waals surface area (Å²) in [6, 6.07) is 4.99. The number of benzene rings is 1. The first-order chi connectivity index (χ1) is 7.00. The van der Waals surface area contributed by atoms with E-state index in [0.717, 1.165) is 0 Å². The molecule has 0 spiro atoms. The van der Waals surface area contributed by atoms with Gasteiger partial charge >= 0.3 is 0 Å². The Labute approximate surface area is 97.4 Å². The number of phenols is 1. The van der Waals surface area contributed by atoms with E-state index in [-0.39, 0.29) is 5.75 Å². The van der Waals surface area contributed by atoms with Crippen LogP contribution in [0.25, 0.3) is 0 Å². The van der Waals surface area contributed by atoms with Crippen molar-refractivity contribution in [2.24, 2.45) is 0 Å². The number of halogens is 1. The molecule has 0 amide bonds. The summed E-state index contributed by atoms with van der Waals surface area (Å²) in [5.41, 5.74) is 1.23. The smallest absolute Gasteiger partial charge is 0.130 e. The highest BCUT2D eigenvalue weighted by atomic mass is 75.9. The molecule has 0 aromatic heterocycles. The largest absolute Gasteiger partial charge is 0.507 e. The van der Waals surface area contributed by atoms with Crippen molar-refractivity contribution in [1.82, 2.24) is 0 Å². The molecule has 1 aromatic carbocycles. The first-order valence-corrected chi connectivity index (χ1v) is 5.50. The molecule has 1 atom stereocenters. The van der Waals surface area contributed by atoms with E-state index in [1.165, 1.54) is 6.07 Å². The molecule has 15 heavy (non-hydrogen) atoms. The van der Waals surface area contributed by atoms with E-state index in [2.05, 4.69) is 15.9 Å². The molecule has 0 bridgehead atoms. The van der Waals surface area contributed by atoms with Crippen molar-refractivity contribution in [1.29, 1.82) is 5.41 Å². The highest BCUT2D eigenvalue weighted by molar-refractivity contribution is 9.10. The molecule has 3 nitrogen and oxygen atoms in total. The molecule has 4 heteroatoms. The second-order valence-electron chi connectivity index (χ2n) is 3.55. The average molecular weight is 268 g/mol. The van der Waals surface area contributed by atoms with Gasteiger partial charge in [-0.2, -0.15) is 0 Å². The molecular formula is C11H14BrNO2. The summed E-state index contributed by atoms with van der Waals surface area (Å²) in [4.78, 5) is 0. The highest BCUT2D eigenvalue weighted by Crippen LogP contribution is 2.28. The number of aromatic hydroxyl groups is 1. The lowest BCUT2D eigenvalue weighted by Gasteiger charge is -2.11. The summed E-state index contributed by atoms with van der Waals surface area (Å²) in [5, 5.41) is 26.4. The molecule has 0 aliphatic rings. The molecule has 0 saturated carbocycles. The van der Waals surface area contributed by atoms with Gasteiger partial charge in [0.15, 0.2) is 0 Å². The number of nitrogens with one attached hydrogen (secondary N) is 1. The lowest BCUT2D eigenvalue weighted by molar-refractivity contribution is 0.169. The fourth-order valence-corrected chi connectivity index (χ4v) is 1.50. The molecule has 0 saturated heterocycles. The van der Waals surface area contributed by atoms with E-state index in [1.54, 1.807) is 19.1 Å². The molecule has 1 aromatic rings. The summed E-state index contributed by atoms with van der Waals surface area (Å²) >= 11 is 3.17. The van der Waals surface area contributed by atoms with Gasteiger partial charge in [-0.15, -0.1) is 0 Å². The first-order valence-electron chi connectivity index (χ1n) is 4.71. The van der Waals surface area contributed by atoms with Gasteiger partial charge in [-0.3, -0.25) is 0 Å². The van der Waals surface area contributed by atoms with Crippen molar-refractivity contribution in [2.45, 2.75) is 25.9 Å². The molecule has 0 fully saturated rings. The fourth-order valence-electron chi connectivity index (χ4n) is 1.26. The van der Waals surface area contributed by atoms with Crippen LogP contribution in [0, 0.1) is 5.41 Å². The Morgan fingerprint density at radius 2 is 2.20 bits per heavy atom. The predicted octanol–water partition coefficient (Wildman–Crippen LogP) is 3.01.